The zero-order valence-corrected chi connectivity index (χ0v) is 16.5. The number of likely N-dealkylation sites (N-methyl/N-ethyl adjacent to an activating group) is 1. The average Bonchev–Trinajstić information content (AvgIpc) is 3.01. The Morgan fingerprint density at radius 1 is 1.04 bits per heavy atom. The SMILES string of the molecule is CCN1CCN(C2CCN(C(=O)c3ccc(C(C)(C)C)cc3)CC2)C1=O. The summed E-state index contributed by atoms with van der Waals surface area (Å²) in [5.74, 6) is 0.104. The Bertz CT molecular complexity index is 655. The number of hydrogen-bond donors (Lipinski definition) is 0. The third-order valence-corrected chi connectivity index (χ3v) is 5.70. The molecule has 3 amide bonds. The van der Waals surface area contributed by atoms with Gasteiger partial charge < -0.3 is 14.7 Å². The molecule has 1 aromatic carbocycles. The van der Waals surface area contributed by atoms with Gasteiger partial charge >= 0.3 is 6.03 Å². The monoisotopic (exact) mass is 357 g/mol. The highest BCUT2D eigenvalue weighted by molar-refractivity contribution is 5.94. The molecule has 0 radical (unpaired) electrons. The zero-order valence-electron chi connectivity index (χ0n) is 16.5. The van der Waals surface area contributed by atoms with Crippen LogP contribution in [-0.2, 0) is 5.41 Å². The standard InChI is InChI=1S/C21H31N3O2/c1-5-22-14-15-24(20(22)26)18-10-12-23(13-11-18)19(25)16-6-8-17(9-7-16)21(2,3)4/h6-9,18H,5,10-15H2,1-4H3. The molecule has 5 nitrogen and oxygen atoms in total. The Morgan fingerprint density at radius 2 is 1.65 bits per heavy atom. The molecule has 0 aliphatic carbocycles. The maximum absolute atomic E-state index is 12.8. The highest BCUT2D eigenvalue weighted by Gasteiger charge is 2.35. The minimum Gasteiger partial charge on any atom is -0.338 e. The van der Waals surface area contributed by atoms with Crippen LogP contribution in [-0.4, -0.2) is 65.4 Å². The average molecular weight is 357 g/mol. The highest BCUT2D eigenvalue weighted by Crippen LogP contribution is 2.24. The minimum absolute atomic E-state index is 0.0918. The molecule has 2 aliphatic rings. The lowest BCUT2D eigenvalue weighted by Gasteiger charge is -2.36. The second-order valence-electron chi connectivity index (χ2n) is 8.41. The van der Waals surface area contributed by atoms with Crippen LogP contribution < -0.4 is 0 Å². The third-order valence-electron chi connectivity index (χ3n) is 5.70. The van der Waals surface area contributed by atoms with Gasteiger partial charge in [0.25, 0.3) is 5.91 Å². The van der Waals surface area contributed by atoms with Crippen molar-refractivity contribution < 1.29 is 9.59 Å². The van der Waals surface area contributed by atoms with Crippen molar-refractivity contribution in [3.8, 4) is 0 Å². The lowest BCUT2D eigenvalue weighted by atomic mass is 9.86. The number of likely N-dealkylation sites (tertiary alicyclic amines) is 1. The maximum Gasteiger partial charge on any atom is 0.320 e. The molecule has 0 saturated carbocycles. The van der Waals surface area contributed by atoms with Crippen LogP contribution in [0.3, 0.4) is 0 Å². The first kappa shape index (κ1) is 18.7. The van der Waals surface area contributed by atoms with E-state index in [1.165, 1.54) is 5.56 Å². The summed E-state index contributed by atoms with van der Waals surface area (Å²) < 4.78 is 0. The van der Waals surface area contributed by atoms with Crippen molar-refractivity contribution in [2.75, 3.05) is 32.7 Å². The normalized spacial score (nSPS) is 19.4. The topological polar surface area (TPSA) is 43.9 Å². The summed E-state index contributed by atoms with van der Waals surface area (Å²) >= 11 is 0. The summed E-state index contributed by atoms with van der Waals surface area (Å²) in [6.45, 7) is 12.4. The van der Waals surface area contributed by atoms with E-state index in [1.807, 2.05) is 33.8 Å². The van der Waals surface area contributed by atoms with E-state index in [9.17, 15) is 9.59 Å². The van der Waals surface area contributed by atoms with Crippen LogP contribution in [0, 0.1) is 0 Å². The fourth-order valence-electron chi connectivity index (χ4n) is 3.91. The number of hydrogen-bond acceptors (Lipinski definition) is 2. The smallest absolute Gasteiger partial charge is 0.320 e. The number of urea groups is 1. The molecule has 2 saturated heterocycles. The third kappa shape index (κ3) is 3.71. The molecule has 0 unspecified atom stereocenters. The van der Waals surface area contributed by atoms with Crippen molar-refractivity contribution in [1.29, 1.82) is 0 Å². The molecule has 0 spiro atoms. The Hall–Kier alpha value is -2.04. The van der Waals surface area contributed by atoms with Gasteiger partial charge in [-0.25, -0.2) is 4.79 Å². The summed E-state index contributed by atoms with van der Waals surface area (Å²) in [5.41, 5.74) is 2.08. The van der Waals surface area contributed by atoms with Gasteiger partial charge in [-0.15, -0.1) is 0 Å². The molecule has 1 aromatic rings. The van der Waals surface area contributed by atoms with Crippen LogP contribution in [0.5, 0.6) is 0 Å². The number of nitrogens with zero attached hydrogens (tertiary/aromatic N) is 3. The maximum atomic E-state index is 12.8. The van der Waals surface area contributed by atoms with Crippen molar-refractivity contribution in [1.82, 2.24) is 14.7 Å². The summed E-state index contributed by atoms with van der Waals surface area (Å²) in [7, 11) is 0. The molecule has 3 rings (SSSR count). The molecule has 26 heavy (non-hydrogen) atoms. The number of rotatable bonds is 3. The van der Waals surface area contributed by atoms with E-state index in [-0.39, 0.29) is 23.4 Å². The zero-order chi connectivity index (χ0) is 18.9. The quantitative estimate of drug-likeness (QED) is 0.833. The Kier molecular flexibility index (Phi) is 5.26. The number of amides is 3. The molecule has 2 fully saturated rings. The summed E-state index contributed by atoms with van der Waals surface area (Å²) in [4.78, 5) is 31.0. The van der Waals surface area contributed by atoms with Gasteiger partial charge in [0.05, 0.1) is 0 Å². The van der Waals surface area contributed by atoms with Crippen molar-refractivity contribution in [3.63, 3.8) is 0 Å². The Labute approximate surface area is 156 Å². The van der Waals surface area contributed by atoms with Crippen LogP contribution >= 0.6 is 0 Å². The highest BCUT2D eigenvalue weighted by atomic mass is 16.2. The molecule has 2 aliphatic heterocycles. The van der Waals surface area contributed by atoms with E-state index in [1.54, 1.807) is 0 Å². The van der Waals surface area contributed by atoms with Gasteiger partial charge in [0.15, 0.2) is 0 Å². The molecule has 5 heteroatoms. The van der Waals surface area contributed by atoms with E-state index in [4.69, 9.17) is 0 Å². The fraction of sp³-hybridized carbons (Fsp3) is 0.619. The van der Waals surface area contributed by atoms with Gasteiger partial charge in [-0.1, -0.05) is 32.9 Å². The van der Waals surface area contributed by atoms with Crippen LogP contribution in [0.2, 0.25) is 0 Å². The first-order chi connectivity index (χ1) is 12.3. The van der Waals surface area contributed by atoms with Crippen LogP contribution in [0.4, 0.5) is 4.79 Å². The Morgan fingerprint density at radius 3 is 2.15 bits per heavy atom. The van der Waals surface area contributed by atoms with Gasteiger partial charge in [0.1, 0.15) is 0 Å². The van der Waals surface area contributed by atoms with Crippen LogP contribution in [0.15, 0.2) is 24.3 Å². The minimum atomic E-state index is 0.0918. The lowest BCUT2D eigenvalue weighted by molar-refractivity contribution is 0.0663. The predicted octanol–water partition coefficient (Wildman–Crippen LogP) is 3.35. The van der Waals surface area contributed by atoms with Crippen molar-refractivity contribution in [2.45, 2.75) is 52.0 Å². The van der Waals surface area contributed by atoms with Crippen LogP contribution in [0.25, 0.3) is 0 Å². The molecule has 0 bridgehead atoms. The molecular weight excluding hydrogens is 326 g/mol. The second-order valence-corrected chi connectivity index (χ2v) is 8.41. The van der Waals surface area contributed by atoms with Crippen molar-refractivity contribution in [3.05, 3.63) is 35.4 Å². The molecule has 0 atom stereocenters. The van der Waals surface area contributed by atoms with E-state index >= 15 is 0 Å². The molecule has 142 valence electrons. The molecule has 0 N–H and O–H groups in total. The molecule has 0 aromatic heterocycles. The van der Waals surface area contributed by atoms with Gasteiger partial charge in [-0.2, -0.15) is 0 Å². The van der Waals surface area contributed by atoms with E-state index in [0.29, 0.717) is 0 Å². The number of piperidine rings is 1. The Balaban J connectivity index is 1.58. The number of carbonyl (C=O) groups excluding carboxylic acids is 2. The van der Waals surface area contributed by atoms with E-state index in [0.717, 1.165) is 51.1 Å². The van der Waals surface area contributed by atoms with Crippen molar-refractivity contribution in [2.24, 2.45) is 0 Å². The molecule has 2 heterocycles. The van der Waals surface area contributed by atoms with Gasteiger partial charge in [-0.3, -0.25) is 4.79 Å². The summed E-state index contributed by atoms with van der Waals surface area (Å²) in [6.07, 6.45) is 1.74. The van der Waals surface area contributed by atoms with E-state index in [2.05, 4.69) is 32.9 Å². The van der Waals surface area contributed by atoms with E-state index < -0.39 is 0 Å². The largest absolute Gasteiger partial charge is 0.338 e. The first-order valence-electron chi connectivity index (χ1n) is 9.76. The van der Waals surface area contributed by atoms with Gasteiger partial charge in [0.2, 0.25) is 0 Å². The predicted molar refractivity (Wildman–Crippen MR) is 103 cm³/mol. The van der Waals surface area contributed by atoms with Crippen molar-refractivity contribution >= 4 is 11.9 Å². The summed E-state index contributed by atoms with van der Waals surface area (Å²) in [6, 6.07) is 8.43. The second kappa shape index (κ2) is 7.29. The first-order valence-corrected chi connectivity index (χ1v) is 9.76. The van der Waals surface area contributed by atoms with Gasteiger partial charge in [-0.05, 0) is 42.9 Å². The van der Waals surface area contributed by atoms with Crippen LogP contribution in [0.1, 0.15) is 56.5 Å². The molecular formula is C21H31N3O2. The number of benzene rings is 1. The summed E-state index contributed by atoms with van der Waals surface area (Å²) in [5, 5.41) is 0. The lowest BCUT2D eigenvalue weighted by Crippen LogP contribution is -2.48. The fourth-order valence-corrected chi connectivity index (χ4v) is 3.91. The number of carbonyl (C=O) groups is 2. The van der Waals surface area contributed by atoms with Gasteiger partial charge in [0, 0.05) is 44.3 Å².